The molecule has 0 aliphatic carbocycles. The average Bonchev–Trinajstić information content (AvgIpc) is 2.46. The van der Waals surface area contributed by atoms with Gasteiger partial charge in [-0.1, -0.05) is 35.9 Å². The molecule has 3 heteroatoms. The van der Waals surface area contributed by atoms with Crippen LogP contribution in [0.2, 0.25) is 5.02 Å². The lowest BCUT2D eigenvalue weighted by molar-refractivity contribution is 1.07. The Morgan fingerprint density at radius 1 is 1.05 bits per heavy atom. The molecule has 2 N–H and O–H groups in total. The van der Waals surface area contributed by atoms with E-state index in [1.807, 2.05) is 36.5 Å². The highest BCUT2D eigenvalue weighted by Gasteiger charge is 2.08. The standard InChI is InChI=1S/C16H13ClN2/c17-13-5-4-12(9-18)15(8-13)14-3-1-2-11-6-7-19-10-16(11)14/h1-8,10H,9,18H2. The number of aromatic nitrogens is 1. The number of nitrogens with zero attached hydrogens (tertiary/aromatic N) is 1. The van der Waals surface area contributed by atoms with Crippen molar-refractivity contribution in [3.8, 4) is 11.1 Å². The Morgan fingerprint density at radius 3 is 2.79 bits per heavy atom. The second kappa shape index (κ2) is 5.00. The molecule has 0 unspecified atom stereocenters. The van der Waals surface area contributed by atoms with Gasteiger partial charge in [0.25, 0.3) is 0 Å². The Labute approximate surface area is 116 Å². The van der Waals surface area contributed by atoms with Crippen molar-refractivity contribution in [1.82, 2.24) is 4.98 Å². The first-order chi connectivity index (χ1) is 9.29. The number of halogens is 1. The molecule has 0 radical (unpaired) electrons. The molecule has 0 aliphatic heterocycles. The molecule has 94 valence electrons. The summed E-state index contributed by atoms with van der Waals surface area (Å²) < 4.78 is 0. The van der Waals surface area contributed by atoms with Crippen LogP contribution in [-0.2, 0) is 6.54 Å². The molecule has 0 aliphatic rings. The van der Waals surface area contributed by atoms with Crippen LogP contribution in [-0.4, -0.2) is 4.98 Å². The molecule has 0 amide bonds. The molecule has 19 heavy (non-hydrogen) atoms. The minimum Gasteiger partial charge on any atom is -0.326 e. The molecule has 0 spiro atoms. The number of hydrogen-bond acceptors (Lipinski definition) is 2. The first-order valence-electron chi connectivity index (χ1n) is 6.11. The third kappa shape index (κ3) is 2.21. The maximum atomic E-state index is 6.12. The van der Waals surface area contributed by atoms with Crippen LogP contribution in [0.3, 0.4) is 0 Å². The summed E-state index contributed by atoms with van der Waals surface area (Å²) in [5, 5.41) is 2.99. The number of nitrogens with two attached hydrogens (primary N) is 1. The lowest BCUT2D eigenvalue weighted by Gasteiger charge is -2.11. The van der Waals surface area contributed by atoms with Gasteiger partial charge in [0, 0.05) is 29.3 Å². The fourth-order valence-electron chi connectivity index (χ4n) is 2.33. The normalized spacial score (nSPS) is 10.8. The fourth-order valence-corrected chi connectivity index (χ4v) is 2.50. The van der Waals surface area contributed by atoms with Crippen molar-refractivity contribution in [2.75, 3.05) is 0 Å². The minimum absolute atomic E-state index is 0.489. The van der Waals surface area contributed by atoms with Gasteiger partial charge in [0.2, 0.25) is 0 Å². The fraction of sp³-hybridized carbons (Fsp3) is 0.0625. The van der Waals surface area contributed by atoms with Crippen molar-refractivity contribution < 1.29 is 0 Å². The van der Waals surface area contributed by atoms with Crippen molar-refractivity contribution in [2.24, 2.45) is 5.73 Å². The van der Waals surface area contributed by atoms with Gasteiger partial charge in [-0.05, 0) is 40.3 Å². The predicted molar refractivity (Wildman–Crippen MR) is 80.1 cm³/mol. The molecule has 1 aromatic heterocycles. The number of rotatable bonds is 2. The zero-order chi connectivity index (χ0) is 13.2. The van der Waals surface area contributed by atoms with Crippen LogP contribution in [0, 0.1) is 0 Å². The van der Waals surface area contributed by atoms with Gasteiger partial charge in [0.1, 0.15) is 0 Å². The molecular weight excluding hydrogens is 256 g/mol. The maximum Gasteiger partial charge on any atom is 0.0412 e. The van der Waals surface area contributed by atoms with E-state index in [0.29, 0.717) is 11.6 Å². The number of pyridine rings is 1. The first kappa shape index (κ1) is 12.2. The summed E-state index contributed by atoms with van der Waals surface area (Å²) in [5.74, 6) is 0. The van der Waals surface area contributed by atoms with Gasteiger partial charge in [-0.25, -0.2) is 0 Å². The van der Waals surface area contributed by atoms with Crippen LogP contribution in [0.25, 0.3) is 21.9 Å². The summed E-state index contributed by atoms with van der Waals surface area (Å²) >= 11 is 6.12. The highest BCUT2D eigenvalue weighted by atomic mass is 35.5. The van der Waals surface area contributed by atoms with Crippen LogP contribution in [0.5, 0.6) is 0 Å². The molecule has 1 heterocycles. The van der Waals surface area contributed by atoms with Gasteiger partial charge in [-0.15, -0.1) is 0 Å². The Hall–Kier alpha value is -1.90. The summed E-state index contributed by atoms with van der Waals surface area (Å²) in [6.45, 7) is 0.489. The zero-order valence-corrected chi connectivity index (χ0v) is 11.1. The second-order valence-electron chi connectivity index (χ2n) is 4.41. The Morgan fingerprint density at radius 2 is 1.95 bits per heavy atom. The number of benzene rings is 2. The minimum atomic E-state index is 0.489. The SMILES string of the molecule is NCc1ccc(Cl)cc1-c1cccc2ccncc12. The van der Waals surface area contributed by atoms with Gasteiger partial charge >= 0.3 is 0 Å². The zero-order valence-electron chi connectivity index (χ0n) is 10.3. The van der Waals surface area contributed by atoms with Crippen LogP contribution in [0.15, 0.2) is 54.9 Å². The predicted octanol–water partition coefficient (Wildman–Crippen LogP) is 4.01. The summed E-state index contributed by atoms with van der Waals surface area (Å²) in [6, 6.07) is 14.0. The van der Waals surface area contributed by atoms with E-state index in [1.54, 1.807) is 6.20 Å². The Balaban J connectivity index is 2.33. The molecule has 2 aromatic carbocycles. The van der Waals surface area contributed by atoms with Crippen molar-refractivity contribution in [1.29, 1.82) is 0 Å². The van der Waals surface area contributed by atoms with Crippen molar-refractivity contribution in [2.45, 2.75) is 6.54 Å². The van der Waals surface area contributed by atoms with Gasteiger partial charge in [0.05, 0.1) is 0 Å². The van der Waals surface area contributed by atoms with E-state index in [4.69, 9.17) is 17.3 Å². The van der Waals surface area contributed by atoms with Gasteiger partial charge < -0.3 is 5.73 Å². The smallest absolute Gasteiger partial charge is 0.0412 e. The average molecular weight is 269 g/mol. The Bertz CT molecular complexity index is 732. The summed E-state index contributed by atoms with van der Waals surface area (Å²) in [6.07, 6.45) is 3.68. The number of fused-ring (bicyclic) bond motifs is 1. The molecular formula is C16H13ClN2. The van der Waals surface area contributed by atoms with Crippen molar-refractivity contribution >= 4 is 22.4 Å². The molecule has 0 fully saturated rings. The topological polar surface area (TPSA) is 38.9 Å². The Kier molecular flexibility index (Phi) is 3.20. The summed E-state index contributed by atoms with van der Waals surface area (Å²) in [7, 11) is 0. The van der Waals surface area contributed by atoms with E-state index >= 15 is 0 Å². The molecule has 2 nitrogen and oxygen atoms in total. The molecule has 3 rings (SSSR count). The first-order valence-corrected chi connectivity index (χ1v) is 6.49. The molecule has 0 atom stereocenters. The summed E-state index contributed by atoms with van der Waals surface area (Å²) in [4.78, 5) is 4.21. The molecule has 0 saturated heterocycles. The molecule has 3 aromatic rings. The van der Waals surface area contributed by atoms with E-state index in [1.165, 1.54) is 0 Å². The van der Waals surface area contributed by atoms with Crippen molar-refractivity contribution in [3.05, 3.63) is 65.4 Å². The van der Waals surface area contributed by atoms with E-state index in [2.05, 4.69) is 17.1 Å². The van der Waals surface area contributed by atoms with Crippen LogP contribution >= 0.6 is 11.6 Å². The highest BCUT2D eigenvalue weighted by molar-refractivity contribution is 6.31. The maximum absolute atomic E-state index is 6.12. The van der Waals surface area contributed by atoms with Gasteiger partial charge in [-0.2, -0.15) is 0 Å². The van der Waals surface area contributed by atoms with Crippen molar-refractivity contribution in [3.63, 3.8) is 0 Å². The third-order valence-electron chi connectivity index (χ3n) is 3.27. The van der Waals surface area contributed by atoms with E-state index < -0.39 is 0 Å². The quantitative estimate of drug-likeness (QED) is 0.763. The van der Waals surface area contributed by atoms with Crippen LogP contribution < -0.4 is 5.73 Å². The third-order valence-corrected chi connectivity index (χ3v) is 3.50. The largest absolute Gasteiger partial charge is 0.326 e. The lowest BCUT2D eigenvalue weighted by Crippen LogP contribution is -1.99. The van der Waals surface area contributed by atoms with E-state index in [9.17, 15) is 0 Å². The van der Waals surface area contributed by atoms with Gasteiger partial charge in [0.15, 0.2) is 0 Å². The monoisotopic (exact) mass is 268 g/mol. The van der Waals surface area contributed by atoms with E-state index in [0.717, 1.165) is 27.5 Å². The molecule has 0 bridgehead atoms. The summed E-state index contributed by atoms with van der Waals surface area (Å²) in [5.41, 5.74) is 9.10. The second-order valence-corrected chi connectivity index (χ2v) is 4.84. The number of hydrogen-bond donors (Lipinski definition) is 1. The van der Waals surface area contributed by atoms with Crippen LogP contribution in [0.4, 0.5) is 0 Å². The van der Waals surface area contributed by atoms with E-state index in [-0.39, 0.29) is 0 Å². The highest BCUT2D eigenvalue weighted by Crippen LogP contribution is 2.32. The molecule has 0 saturated carbocycles. The van der Waals surface area contributed by atoms with Crippen LogP contribution in [0.1, 0.15) is 5.56 Å². The van der Waals surface area contributed by atoms with Gasteiger partial charge in [-0.3, -0.25) is 4.98 Å². The lowest BCUT2D eigenvalue weighted by atomic mass is 9.95.